The summed E-state index contributed by atoms with van der Waals surface area (Å²) < 4.78 is 30.2. The lowest BCUT2D eigenvalue weighted by Gasteiger charge is -2.28. The first-order valence-corrected chi connectivity index (χ1v) is 12.5. The zero-order valence-electron chi connectivity index (χ0n) is 19.4. The molecule has 0 aliphatic carbocycles. The molecule has 1 aromatic heterocycles. The van der Waals surface area contributed by atoms with Gasteiger partial charge in [-0.3, -0.25) is 4.79 Å². The van der Waals surface area contributed by atoms with Crippen LogP contribution in [-0.2, 0) is 28.4 Å². The molecule has 0 radical (unpaired) electrons. The van der Waals surface area contributed by atoms with Gasteiger partial charge in [-0.2, -0.15) is 4.31 Å². The zero-order valence-corrected chi connectivity index (χ0v) is 20.2. The number of carbonyl (C=O) groups excluding carboxylic acids is 1. The van der Waals surface area contributed by atoms with E-state index in [-0.39, 0.29) is 23.3 Å². The highest BCUT2D eigenvalue weighted by molar-refractivity contribution is 7.89. The molecular formula is C25H33N3O3S. The third-order valence-corrected chi connectivity index (χ3v) is 7.33. The van der Waals surface area contributed by atoms with Gasteiger partial charge in [0.1, 0.15) is 0 Å². The lowest BCUT2D eigenvalue weighted by molar-refractivity contribution is -0.132. The molecule has 0 N–H and O–H groups in total. The van der Waals surface area contributed by atoms with Crippen molar-refractivity contribution in [1.82, 2.24) is 13.8 Å². The highest BCUT2D eigenvalue weighted by atomic mass is 32.2. The summed E-state index contributed by atoms with van der Waals surface area (Å²) in [6.07, 6.45) is 2.57. The van der Waals surface area contributed by atoms with Crippen LogP contribution in [0.1, 0.15) is 32.9 Å². The van der Waals surface area contributed by atoms with Crippen molar-refractivity contribution >= 4 is 26.7 Å². The fourth-order valence-electron chi connectivity index (χ4n) is 3.81. The van der Waals surface area contributed by atoms with Crippen molar-refractivity contribution < 1.29 is 13.2 Å². The smallest absolute Gasteiger partial charge is 0.243 e. The molecule has 3 rings (SSSR count). The molecule has 172 valence electrons. The van der Waals surface area contributed by atoms with Gasteiger partial charge in [-0.15, -0.1) is 0 Å². The predicted octanol–water partition coefficient (Wildman–Crippen LogP) is 4.26. The van der Waals surface area contributed by atoms with Crippen LogP contribution in [0.4, 0.5) is 0 Å². The molecule has 0 atom stereocenters. The first-order chi connectivity index (χ1) is 15.2. The first-order valence-electron chi connectivity index (χ1n) is 11.1. The van der Waals surface area contributed by atoms with Crippen LogP contribution in [0.2, 0.25) is 0 Å². The van der Waals surface area contributed by atoms with Crippen LogP contribution in [-0.4, -0.2) is 47.7 Å². The van der Waals surface area contributed by atoms with Crippen LogP contribution in [0, 0.1) is 5.92 Å². The molecule has 7 heteroatoms. The van der Waals surface area contributed by atoms with Gasteiger partial charge in [-0.05, 0) is 47.4 Å². The number of aryl methyl sites for hydroxylation is 1. The molecule has 0 bridgehead atoms. The maximum atomic E-state index is 13.5. The van der Waals surface area contributed by atoms with E-state index < -0.39 is 10.0 Å². The topological polar surface area (TPSA) is 62.6 Å². The first kappa shape index (κ1) is 24.0. The summed E-state index contributed by atoms with van der Waals surface area (Å²) in [5.41, 5.74) is 1.01. The monoisotopic (exact) mass is 455 g/mol. The number of sulfonamides is 1. The van der Waals surface area contributed by atoms with Crippen molar-refractivity contribution in [3.63, 3.8) is 0 Å². The molecule has 3 aromatic rings. The quantitative estimate of drug-likeness (QED) is 0.459. The van der Waals surface area contributed by atoms with E-state index in [4.69, 9.17) is 0 Å². The van der Waals surface area contributed by atoms with E-state index in [1.807, 2.05) is 67.2 Å². The van der Waals surface area contributed by atoms with Crippen molar-refractivity contribution in [1.29, 1.82) is 0 Å². The Bertz CT molecular complexity index is 1170. The van der Waals surface area contributed by atoms with E-state index in [0.29, 0.717) is 26.1 Å². The molecule has 0 saturated heterocycles. The third kappa shape index (κ3) is 5.58. The number of benzene rings is 2. The highest BCUT2D eigenvalue weighted by Crippen LogP contribution is 2.22. The average Bonchev–Trinajstić information content (AvgIpc) is 3.16. The van der Waals surface area contributed by atoms with Gasteiger partial charge in [0, 0.05) is 32.0 Å². The second-order valence-corrected chi connectivity index (χ2v) is 10.6. The Hall–Kier alpha value is -2.64. The fraction of sp³-hybridized carbons (Fsp3) is 0.400. The van der Waals surface area contributed by atoms with Gasteiger partial charge >= 0.3 is 0 Å². The number of rotatable bonds is 10. The van der Waals surface area contributed by atoms with Gasteiger partial charge < -0.3 is 9.47 Å². The summed E-state index contributed by atoms with van der Waals surface area (Å²) in [6, 6.07) is 16.7. The number of carbonyl (C=O) groups is 1. The van der Waals surface area contributed by atoms with E-state index in [1.165, 1.54) is 4.31 Å². The average molecular weight is 456 g/mol. The second-order valence-electron chi connectivity index (χ2n) is 8.63. The SMILES string of the molecule is CCCN(CC(=O)N(Cc1cccn1C)CC(C)C)S(=O)(=O)c1ccc2ccccc2c1. The zero-order chi connectivity index (χ0) is 23.3. The standard InChI is InChI=1S/C25H33N3O3S/c1-5-14-28(32(30,31)24-13-12-21-9-6-7-10-22(21)16-24)19-25(29)27(17-20(2)3)18-23-11-8-15-26(23)4/h6-13,15-16,20H,5,14,17-19H2,1-4H3. The number of aromatic nitrogens is 1. The van der Waals surface area contributed by atoms with Crippen LogP contribution in [0.15, 0.2) is 65.7 Å². The van der Waals surface area contributed by atoms with Crippen molar-refractivity contribution in [2.75, 3.05) is 19.6 Å². The van der Waals surface area contributed by atoms with Crippen LogP contribution in [0.5, 0.6) is 0 Å². The largest absolute Gasteiger partial charge is 0.353 e. The van der Waals surface area contributed by atoms with Crippen molar-refractivity contribution in [2.45, 2.75) is 38.6 Å². The lowest BCUT2D eigenvalue weighted by Crippen LogP contribution is -2.44. The third-order valence-electron chi connectivity index (χ3n) is 5.49. The Kier molecular flexibility index (Phi) is 7.74. The minimum absolute atomic E-state index is 0.167. The molecule has 1 amide bonds. The Labute approximate surface area is 191 Å². The number of fused-ring (bicyclic) bond motifs is 1. The maximum absolute atomic E-state index is 13.5. The summed E-state index contributed by atoms with van der Waals surface area (Å²) in [6.45, 7) is 7.18. The maximum Gasteiger partial charge on any atom is 0.243 e. The molecule has 0 aliphatic heterocycles. The van der Waals surface area contributed by atoms with Crippen molar-refractivity contribution in [3.05, 3.63) is 66.5 Å². The van der Waals surface area contributed by atoms with Crippen molar-refractivity contribution in [2.24, 2.45) is 13.0 Å². The Balaban J connectivity index is 1.86. The van der Waals surface area contributed by atoms with Gasteiger partial charge in [-0.1, -0.05) is 51.1 Å². The summed E-state index contributed by atoms with van der Waals surface area (Å²) in [5, 5.41) is 1.84. The van der Waals surface area contributed by atoms with E-state index >= 15 is 0 Å². The van der Waals surface area contributed by atoms with Crippen LogP contribution >= 0.6 is 0 Å². The van der Waals surface area contributed by atoms with Gasteiger partial charge in [0.05, 0.1) is 18.0 Å². The summed E-state index contributed by atoms with van der Waals surface area (Å²) in [7, 11) is -1.86. The number of hydrogen-bond donors (Lipinski definition) is 0. The molecule has 1 heterocycles. The van der Waals surface area contributed by atoms with Crippen LogP contribution in [0.25, 0.3) is 10.8 Å². The highest BCUT2D eigenvalue weighted by Gasteiger charge is 2.28. The summed E-state index contributed by atoms with van der Waals surface area (Å²) in [5.74, 6) is 0.0913. The number of hydrogen-bond acceptors (Lipinski definition) is 3. The van der Waals surface area contributed by atoms with Gasteiger partial charge in [0.25, 0.3) is 0 Å². The molecule has 2 aromatic carbocycles. The number of nitrogens with zero attached hydrogens (tertiary/aromatic N) is 3. The van der Waals surface area contributed by atoms with Crippen LogP contribution < -0.4 is 0 Å². The molecule has 0 spiro atoms. The van der Waals surface area contributed by atoms with Gasteiger partial charge in [-0.25, -0.2) is 8.42 Å². The van der Waals surface area contributed by atoms with Crippen LogP contribution in [0.3, 0.4) is 0 Å². The molecule has 0 saturated carbocycles. The van der Waals surface area contributed by atoms with E-state index in [9.17, 15) is 13.2 Å². The second kappa shape index (κ2) is 10.3. The molecule has 6 nitrogen and oxygen atoms in total. The van der Waals surface area contributed by atoms with Gasteiger partial charge in [0.2, 0.25) is 15.9 Å². The van der Waals surface area contributed by atoms with E-state index in [1.54, 1.807) is 17.0 Å². The normalized spacial score (nSPS) is 12.1. The van der Waals surface area contributed by atoms with Gasteiger partial charge in [0.15, 0.2) is 0 Å². The Morgan fingerprint density at radius 3 is 2.38 bits per heavy atom. The summed E-state index contributed by atoms with van der Waals surface area (Å²) in [4.78, 5) is 15.3. The number of amides is 1. The Morgan fingerprint density at radius 2 is 1.75 bits per heavy atom. The minimum Gasteiger partial charge on any atom is -0.353 e. The molecular weight excluding hydrogens is 422 g/mol. The van der Waals surface area contributed by atoms with E-state index in [0.717, 1.165) is 16.5 Å². The molecule has 0 aliphatic rings. The Morgan fingerprint density at radius 1 is 1.03 bits per heavy atom. The summed E-state index contributed by atoms with van der Waals surface area (Å²) >= 11 is 0. The molecule has 0 unspecified atom stereocenters. The minimum atomic E-state index is -3.80. The molecule has 32 heavy (non-hydrogen) atoms. The van der Waals surface area contributed by atoms with Crippen molar-refractivity contribution in [3.8, 4) is 0 Å². The predicted molar refractivity (Wildman–Crippen MR) is 129 cm³/mol. The molecule has 0 fully saturated rings. The lowest BCUT2D eigenvalue weighted by atomic mass is 10.1. The fourth-order valence-corrected chi connectivity index (χ4v) is 5.33. The van der Waals surface area contributed by atoms with E-state index in [2.05, 4.69) is 13.8 Å².